The summed E-state index contributed by atoms with van der Waals surface area (Å²) < 4.78 is 32.5. The van der Waals surface area contributed by atoms with Crippen molar-refractivity contribution in [2.24, 2.45) is 11.8 Å². The predicted molar refractivity (Wildman–Crippen MR) is 95.0 cm³/mol. The van der Waals surface area contributed by atoms with Crippen LogP contribution >= 0.6 is 0 Å². The molecule has 0 unspecified atom stereocenters. The lowest BCUT2D eigenvalue weighted by molar-refractivity contribution is -0.136. The highest BCUT2D eigenvalue weighted by Gasteiger charge is 2.34. The highest BCUT2D eigenvalue weighted by Crippen LogP contribution is 2.23. The number of likely N-dealkylation sites (tertiary alicyclic amines) is 1. The number of piperidine rings is 1. The average molecular weight is 381 g/mol. The summed E-state index contributed by atoms with van der Waals surface area (Å²) >= 11 is 0. The van der Waals surface area contributed by atoms with E-state index in [2.05, 4.69) is 10.6 Å². The molecule has 2 heterocycles. The van der Waals surface area contributed by atoms with Gasteiger partial charge in [-0.1, -0.05) is 6.07 Å². The molecule has 0 bridgehead atoms. The third-order valence-electron chi connectivity index (χ3n) is 5.29. The lowest BCUT2D eigenvalue weighted by Crippen LogP contribution is -2.48. The van der Waals surface area contributed by atoms with Crippen LogP contribution in [-0.4, -0.2) is 50.0 Å². The molecular weight excluding hydrogens is 356 g/mol. The molecule has 2 aliphatic heterocycles. The molecule has 6 nitrogen and oxygen atoms in total. The average Bonchev–Trinajstić information content (AvgIpc) is 3.23. The number of carbonyl (C=O) groups excluding carboxylic acids is 2. The fraction of sp³-hybridized carbons (Fsp3) is 0.579. The minimum Gasteiger partial charge on any atom is -0.494 e. The second kappa shape index (κ2) is 8.65. The zero-order valence-electron chi connectivity index (χ0n) is 15.4. The fourth-order valence-corrected chi connectivity index (χ4v) is 3.72. The Labute approximate surface area is 157 Å². The largest absolute Gasteiger partial charge is 0.494 e. The van der Waals surface area contributed by atoms with Crippen molar-refractivity contribution >= 4 is 11.8 Å². The van der Waals surface area contributed by atoms with Crippen LogP contribution in [0.25, 0.3) is 0 Å². The molecule has 2 fully saturated rings. The third-order valence-corrected chi connectivity index (χ3v) is 5.29. The first kappa shape index (κ1) is 19.5. The molecule has 2 N–H and O–H groups in total. The van der Waals surface area contributed by atoms with Gasteiger partial charge in [0.1, 0.15) is 0 Å². The molecule has 3 rings (SSSR count). The van der Waals surface area contributed by atoms with Crippen molar-refractivity contribution in [2.45, 2.75) is 25.8 Å². The summed E-state index contributed by atoms with van der Waals surface area (Å²) in [6.45, 7) is 2.49. The van der Waals surface area contributed by atoms with Gasteiger partial charge in [0.25, 0.3) is 0 Å². The van der Waals surface area contributed by atoms with Crippen LogP contribution in [0.15, 0.2) is 12.1 Å². The topological polar surface area (TPSA) is 70.7 Å². The van der Waals surface area contributed by atoms with Gasteiger partial charge in [0.2, 0.25) is 17.6 Å². The van der Waals surface area contributed by atoms with Crippen molar-refractivity contribution in [3.05, 3.63) is 29.3 Å². The maximum Gasteiger partial charge on any atom is 0.226 e. The van der Waals surface area contributed by atoms with Crippen molar-refractivity contribution < 1.29 is 23.1 Å². The number of amides is 2. The minimum absolute atomic E-state index is 0.0510. The number of nitrogens with one attached hydrogen (secondary N) is 2. The molecule has 0 saturated carbocycles. The minimum atomic E-state index is -1.07. The molecule has 8 heteroatoms. The molecule has 2 aliphatic rings. The summed E-state index contributed by atoms with van der Waals surface area (Å²) in [7, 11) is 1.26. The van der Waals surface area contributed by atoms with Gasteiger partial charge < -0.3 is 20.3 Å². The SMILES string of the molecule is COc1ccc(CNC(=O)[C@H]2CNC[C@H](C(=O)N3CCCC3)C2)c(F)c1F. The Kier molecular flexibility index (Phi) is 6.26. The molecule has 2 saturated heterocycles. The molecule has 1 aromatic carbocycles. The quantitative estimate of drug-likeness (QED) is 0.810. The van der Waals surface area contributed by atoms with Crippen molar-refractivity contribution in [3.63, 3.8) is 0 Å². The van der Waals surface area contributed by atoms with E-state index in [0.29, 0.717) is 19.5 Å². The van der Waals surface area contributed by atoms with Gasteiger partial charge in [-0.05, 0) is 25.3 Å². The Hall–Kier alpha value is -2.22. The number of rotatable bonds is 5. The molecule has 1 aromatic rings. The normalized spacial score (nSPS) is 22.6. The summed E-state index contributed by atoms with van der Waals surface area (Å²) in [6, 6.07) is 2.71. The number of hydrogen-bond donors (Lipinski definition) is 2. The standard InChI is InChI=1S/C19H25F2N3O3/c1-27-15-5-4-12(16(20)17(15)21)11-23-18(25)13-8-14(10-22-9-13)19(26)24-6-2-3-7-24/h4-5,13-14,22H,2-3,6-11H2,1H3,(H,23,25)/t13-,14-/m1/s1. The Morgan fingerprint density at radius 1 is 1.19 bits per heavy atom. The highest BCUT2D eigenvalue weighted by molar-refractivity contribution is 5.83. The van der Waals surface area contributed by atoms with Crippen LogP contribution in [0.1, 0.15) is 24.8 Å². The van der Waals surface area contributed by atoms with Gasteiger partial charge in [0.15, 0.2) is 11.6 Å². The number of nitrogens with zero attached hydrogens (tertiary/aromatic N) is 1. The van der Waals surface area contributed by atoms with Crippen molar-refractivity contribution in [1.29, 1.82) is 0 Å². The van der Waals surface area contributed by atoms with Crippen molar-refractivity contribution in [2.75, 3.05) is 33.3 Å². The van der Waals surface area contributed by atoms with Crippen molar-refractivity contribution in [3.8, 4) is 5.75 Å². The van der Waals surface area contributed by atoms with E-state index < -0.39 is 11.6 Å². The summed E-state index contributed by atoms with van der Waals surface area (Å²) in [5.41, 5.74) is 0.0510. The van der Waals surface area contributed by atoms with Crippen LogP contribution in [0, 0.1) is 23.5 Å². The monoisotopic (exact) mass is 381 g/mol. The molecule has 0 aliphatic carbocycles. The molecule has 0 radical (unpaired) electrons. The van der Waals surface area contributed by atoms with Crippen LogP contribution in [-0.2, 0) is 16.1 Å². The first-order valence-corrected chi connectivity index (χ1v) is 9.29. The summed E-state index contributed by atoms with van der Waals surface area (Å²) in [5, 5.41) is 5.80. The van der Waals surface area contributed by atoms with Crippen LogP contribution in [0.4, 0.5) is 8.78 Å². The molecule has 0 aromatic heterocycles. The number of benzene rings is 1. The van der Waals surface area contributed by atoms with E-state index >= 15 is 0 Å². The molecule has 0 spiro atoms. The Morgan fingerprint density at radius 2 is 1.89 bits per heavy atom. The van der Waals surface area contributed by atoms with E-state index in [1.807, 2.05) is 4.90 Å². The van der Waals surface area contributed by atoms with Crippen molar-refractivity contribution in [1.82, 2.24) is 15.5 Å². The zero-order chi connectivity index (χ0) is 19.4. The second-order valence-electron chi connectivity index (χ2n) is 7.09. The van der Waals surface area contributed by atoms with Gasteiger partial charge in [-0.15, -0.1) is 0 Å². The van der Waals surface area contributed by atoms with Crippen LogP contribution in [0.2, 0.25) is 0 Å². The maximum absolute atomic E-state index is 14.0. The highest BCUT2D eigenvalue weighted by atomic mass is 19.2. The Balaban J connectivity index is 1.56. The van der Waals surface area contributed by atoms with Crippen LogP contribution in [0.3, 0.4) is 0 Å². The van der Waals surface area contributed by atoms with E-state index in [9.17, 15) is 18.4 Å². The number of methoxy groups -OCH3 is 1. The predicted octanol–water partition coefficient (Wildman–Crippen LogP) is 1.44. The fourth-order valence-electron chi connectivity index (χ4n) is 3.72. The van der Waals surface area contributed by atoms with E-state index in [4.69, 9.17) is 4.74 Å². The number of halogens is 2. The van der Waals surface area contributed by atoms with Gasteiger partial charge in [0, 0.05) is 38.3 Å². The Morgan fingerprint density at radius 3 is 2.59 bits per heavy atom. The summed E-state index contributed by atoms with van der Waals surface area (Å²) in [5.74, 6) is -3.04. The molecule has 148 valence electrons. The van der Waals surface area contributed by atoms with Gasteiger partial charge in [0.05, 0.1) is 18.9 Å². The lowest BCUT2D eigenvalue weighted by Gasteiger charge is -2.31. The molecule has 2 atom stereocenters. The molecular formula is C19H25F2N3O3. The molecule has 2 amide bonds. The number of hydrogen-bond acceptors (Lipinski definition) is 4. The van der Waals surface area contributed by atoms with E-state index in [1.165, 1.54) is 19.2 Å². The second-order valence-corrected chi connectivity index (χ2v) is 7.09. The van der Waals surface area contributed by atoms with Gasteiger partial charge in [-0.3, -0.25) is 9.59 Å². The van der Waals surface area contributed by atoms with Gasteiger partial charge in [-0.2, -0.15) is 4.39 Å². The zero-order valence-corrected chi connectivity index (χ0v) is 15.4. The van der Waals surface area contributed by atoms with Crippen LogP contribution in [0.5, 0.6) is 5.75 Å². The lowest BCUT2D eigenvalue weighted by atomic mass is 9.89. The van der Waals surface area contributed by atoms with E-state index in [0.717, 1.165) is 25.9 Å². The summed E-state index contributed by atoms with van der Waals surface area (Å²) in [6.07, 6.45) is 2.52. The smallest absolute Gasteiger partial charge is 0.226 e. The molecule has 27 heavy (non-hydrogen) atoms. The van der Waals surface area contributed by atoms with Gasteiger partial charge in [-0.25, -0.2) is 4.39 Å². The van der Waals surface area contributed by atoms with Crippen LogP contribution < -0.4 is 15.4 Å². The number of carbonyl (C=O) groups is 2. The van der Waals surface area contributed by atoms with E-state index in [-0.39, 0.29) is 41.5 Å². The first-order valence-electron chi connectivity index (χ1n) is 9.29. The Bertz CT molecular complexity index is 708. The summed E-state index contributed by atoms with van der Waals surface area (Å²) in [4.78, 5) is 26.9. The van der Waals surface area contributed by atoms with E-state index in [1.54, 1.807) is 0 Å². The number of ether oxygens (including phenoxy) is 1. The maximum atomic E-state index is 14.0. The third kappa shape index (κ3) is 4.37. The first-order chi connectivity index (χ1) is 13.0. The van der Waals surface area contributed by atoms with Gasteiger partial charge >= 0.3 is 0 Å².